The van der Waals surface area contributed by atoms with Gasteiger partial charge in [-0.3, -0.25) is 0 Å². The Morgan fingerprint density at radius 3 is 1.26 bits per heavy atom. The number of hydrogen-bond acceptors (Lipinski definition) is 4. The molecule has 2 atom stereocenters. The Morgan fingerprint density at radius 1 is 0.526 bits per heavy atom. The third-order valence-electron chi connectivity index (χ3n) is 6.49. The SMILES string of the molecule is Oc1ccc2c(c1)CCC(c1cc(F)cc(F)c1)O2.Oc1ccc2c(c1)CCC(c1cc(F)cc(F)c1)O2. The van der Waals surface area contributed by atoms with Crippen LogP contribution in [-0.4, -0.2) is 10.2 Å². The molecule has 38 heavy (non-hydrogen) atoms. The maximum atomic E-state index is 13.2. The first-order valence-electron chi connectivity index (χ1n) is 12.1. The highest BCUT2D eigenvalue weighted by molar-refractivity contribution is 5.43. The van der Waals surface area contributed by atoms with Gasteiger partial charge in [0.1, 0.15) is 58.5 Å². The van der Waals surface area contributed by atoms with Gasteiger partial charge >= 0.3 is 0 Å². The number of rotatable bonds is 2. The van der Waals surface area contributed by atoms with Crippen LogP contribution in [0.4, 0.5) is 17.6 Å². The Bertz CT molecular complexity index is 1320. The lowest BCUT2D eigenvalue weighted by Gasteiger charge is -2.26. The van der Waals surface area contributed by atoms with Crippen LogP contribution in [0, 0.1) is 23.3 Å². The molecule has 0 radical (unpaired) electrons. The Hall–Kier alpha value is -4.20. The molecule has 0 amide bonds. The van der Waals surface area contributed by atoms with E-state index in [0.717, 1.165) is 23.3 Å². The number of aryl methyl sites for hydroxylation is 2. The van der Waals surface area contributed by atoms with Crippen molar-refractivity contribution in [2.45, 2.75) is 37.9 Å². The average molecular weight is 525 g/mol. The van der Waals surface area contributed by atoms with Crippen molar-refractivity contribution in [1.29, 1.82) is 0 Å². The summed E-state index contributed by atoms with van der Waals surface area (Å²) in [5, 5.41) is 18.8. The molecule has 0 aliphatic carbocycles. The van der Waals surface area contributed by atoms with Gasteiger partial charge in [-0.15, -0.1) is 0 Å². The van der Waals surface area contributed by atoms with Crippen LogP contribution in [0.3, 0.4) is 0 Å². The van der Waals surface area contributed by atoms with Crippen molar-refractivity contribution >= 4 is 0 Å². The summed E-state index contributed by atoms with van der Waals surface area (Å²) >= 11 is 0. The minimum absolute atomic E-state index is 0.192. The maximum absolute atomic E-state index is 13.2. The molecule has 2 aliphatic rings. The quantitative estimate of drug-likeness (QED) is 0.267. The molecule has 4 aromatic rings. The zero-order valence-electron chi connectivity index (χ0n) is 20.1. The standard InChI is InChI=1S/2C15H12F2O2/c2*16-11-5-10(6-12(17)8-11)15-3-1-9-7-13(18)2-4-14(9)19-15/h2*2,4-8,15,18H,1,3H2. The fraction of sp³-hybridized carbons (Fsp3) is 0.200. The number of phenols is 2. The molecule has 0 aromatic heterocycles. The van der Waals surface area contributed by atoms with Crippen LogP contribution in [0.1, 0.15) is 47.3 Å². The summed E-state index contributed by atoms with van der Waals surface area (Å²) in [6, 6.07) is 16.6. The van der Waals surface area contributed by atoms with Gasteiger partial charge in [0.2, 0.25) is 0 Å². The minimum Gasteiger partial charge on any atom is -0.508 e. The Labute approximate surface area is 216 Å². The lowest BCUT2D eigenvalue weighted by molar-refractivity contribution is 0.175. The number of phenolic OH excluding ortho intramolecular Hbond substituents is 2. The second-order valence-electron chi connectivity index (χ2n) is 9.28. The topological polar surface area (TPSA) is 58.9 Å². The third kappa shape index (κ3) is 5.85. The van der Waals surface area contributed by atoms with E-state index in [9.17, 15) is 27.8 Å². The molecule has 0 bridgehead atoms. The fourth-order valence-electron chi connectivity index (χ4n) is 4.74. The van der Waals surface area contributed by atoms with E-state index in [1.165, 1.54) is 36.4 Å². The molecule has 0 spiro atoms. The number of benzene rings is 4. The van der Waals surface area contributed by atoms with Gasteiger partial charge in [0, 0.05) is 12.1 Å². The van der Waals surface area contributed by atoms with Gasteiger partial charge in [-0.05, 0) is 109 Å². The molecule has 4 nitrogen and oxygen atoms in total. The normalized spacial score (nSPS) is 17.7. The fourth-order valence-corrected chi connectivity index (χ4v) is 4.74. The van der Waals surface area contributed by atoms with Crippen LogP contribution in [0.25, 0.3) is 0 Å². The molecule has 8 heteroatoms. The van der Waals surface area contributed by atoms with Gasteiger partial charge in [-0.25, -0.2) is 17.6 Å². The molecular formula is C30H24F4O4. The van der Waals surface area contributed by atoms with Crippen molar-refractivity contribution in [3.05, 3.63) is 118 Å². The van der Waals surface area contributed by atoms with E-state index >= 15 is 0 Å². The van der Waals surface area contributed by atoms with Crippen molar-refractivity contribution in [2.24, 2.45) is 0 Å². The third-order valence-corrected chi connectivity index (χ3v) is 6.49. The molecule has 6 rings (SSSR count). The molecule has 2 heterocycles. The summed E-state index contributed by atoms with van der Waals surface area (Å²) in [5.74, 6) is -0.719. The predicted octanol–water partition coefficient (Wildman–Crippen LogP) is 7.47. The maximum Gasteiger partial charge on any atom is 0.126 e. The Balaban J connectivity index is 0.000000155. The zero-order valence-corrected chi connectivity index (χ0v) is 20.1. The smallest absolute Gasteiger partial charge is 0.126 e. The molecule has 196 valence electrons. The van der Waals surface area contributed by atoms with E-state index in [-0.39, 0.29) is 23.7 Å². The molecule has 2 unspecified atom stereocenters. The highest BCUT2D eigenvalue weighted by atomic mass is 19.1. The van der Waals surface area contributed by atoms with Gasteiger partial charge in [-0.1, -0.05) is 0 Å². The van der Waals surface area contributed by atoms with E-state index in [4.69, 9.17) is 9.47 Å². The molecule has 0 saturated carbocycles. The van der Waals surface area contributed by atoms with E-state index in [2.05, 4.69) is 0 Å². The van der Waals surface area contributed by atoms with Crippen molar-refractivity contribution < 1.29 is 37.2 Å². The minimum atomic E-state index is -0.602. The summed E-state index contributed by atoms with van der Waals surface area (Å²) in [5.41, 5.74) is 2.81. The molecule has 0 saturated heterocycles. The van der Waals surface area contributed by atoms with Crippen LogP contribution in [0.5, 0.6) is 23.0 Å². The molecule has 4 aromatic carbocycles. The van der Waals surface area contributed by atoms with Crippen LogP contribution in [0.15, 0.2) is 72.8 Å². The second kappa shape index (κ2) is 10.7. The summed E-state index contributed by atoms with van der Waals surface area (Å²) < 4.78 is 64.3. The Morgan fingerprint density at radius 2 is 0.895 bits per heavy atom. The average Bonchev–Trinajstić information content (AvgIpc) is 2.87. The number of fused-ring (bicyclic) bond motifs is 2. The molecule has 2 N–H and O–H groups in total. The number of hydrogen-bond donors (Lipinski definition) is 2. The van der Waals surface area contributed by atoms with E-state index < -0.39 is 23.3 Å². The Kier molecular flexibility index (Phi) is 7.13. The van der Waals surface area contributed by atoms with Gasteiger partial charge in [0.15, 0.2) is 0 Å². The van der Waals surface area contributed by atoms with Crippen LogP contribution in [0.2, 0.25) is 0 Å². The number of ether oxygens (including phenoxy) is 2. The monoisotopic (exact) mass is 524 g/mol. The first-order chi connectivity index (χ1) is 18.2. The molecule has 0 fully saturated rings. The van der Waals surface area contributed by atoms with Crippen LogP contribution < -0.4 is 9.47 Å². The van der Waals surface area contributed by atoms with Gasteiger partial charge in [0.25, 0.3) is 0 Å². The predicted molar refractivity (Wildman–Crippen MR) is 132 cm³/mol. The van der Waals surface area contributed by atoms with E-state index in [1.807, 2.05) is 0 Å². The largest absolute Gasteiger partial charge is 0.508 e. The van der Waals surface area contributed by atoms with E-state index in [1.54, 1.807) is 24.3 Å². The second-order valence-corrected chi connectivity index (χ2v) is 9.28. The van der Waals surface area contributed by atoms with Gasteiger partial charge in [-0.2, -0.15) is 0 Å². The molecule has 2 aliphatic heterocycles. The summed E-state index contributed by atoms with van der Waals surface area (Å²) in [6.07, 6.45) is 1.93. The van der Waals surface area contributed by atoms with Crippen molar-refractivity contribution in [3.8, 4) is 23.0 Å². The summed E-state index contributed by atoms with van der Waals surface area (Å²) in [4.78, 5) is 0. The van der Waals surface area contributed by atoms with Crippen LogP contribution >= 0.6 is 0 Å². The lowest BCUT2D eigenvalue weighted by atomic mass is 9.97. The first kappa shape index (κ1) is 25.4. The van der Waals surface area contributed by atoms with E-state index in [0.29, 0.717) is 48.3 Å². The lowest BCUT2D eigenvalue weighted by Crippen LogP contribution is -2.15. The summed E-state index contributed by atoms with van der Waals surface area (Å²) in [7, 11) is 0. The number of halogens is 4. The van der Waals surface area contributed by atoms with Gasteiger partial charge in [0.05, 0.1) is 0 Å². The zero-order chi connectivity index (χ0) is 26.8. The van der Waals surface area contributed by atoms with Crippen molar-refractivity contribution in [2.75, 3.05) is 0 Å². The van der Waals surface area contributed by atoms with Crippen molar-refractivity contribution in [1.82, 2.24) is 0 Å². The highest BCUT2D eigenvalue weighted by Gasteiger charge is 2.24. The highest BCUT2D eigenvalue weighted by Crippen LogP contribution is 2.38. The van der Waals surface area contributed by atoms with Crippen molar-refractivity contribution in [3.63, 3.8) is 0 Å². The number of aromatic hydroxyl groups is 2. The van der Waals surface area contributed by atoms with Crippen LogP contribution in [-0.2, 0) is 12.8 Å². The molecular weight excluding hydrogens is 500 g/mol. The summed E-state index contributed by atoms with van der Waals surface area (Å²) in [6.45, 7) is 0. The van der Waals surface area contributed by atoms with Gasteiger partial charge < -0.3 is 19.7 Å². The first-order valence-corrected chi connectivity index (χ1v) is 12.1.